The van der Waals surface area contributed by atoms with Gasteiger partial charge in [0.2, 0.25) is 0 Å². The van der Waals surface area contributed by atoms with Crippen LogP contribution in [0.4, 0.5) is 4.39 Å². The topological polar surface area (TPSA) is 53.4 Å². The summed E-state index contributed by atoms with van der Waals surface area (Å²) in [5.74, 6) is -0.692. The minimum atomic E-state index is -0.860. The second-order valence-corrected chi connectivity index (χ2v) is 9.39. The maximum Gasteiger partial charge on any atom is 0.339 e. The van der Waals surface area contributed by atoms with Gasteiger partial charge in [-0.3, -0.25) is 0 Å². The van der Waals surface area contributed by atoms with Crippen molar-refractivity contribution in [1.29, 1.82) is 0 Å². The van der Waals surface area contributed by atoms with Crippen molar-refractivity contribution in [2.75, 3.05) is 7.11 Å². The molecule has 0 spiro atoms. The minimum Gasteiger partial charge on any atom is -0.467 e. The van der Waals surface area contributed by atoms with E-state index >= 15 is 0 Å². The summed E-state index contributed by atoms with van der Waals surface area (Å²) in [5.41, 5.74) is 3.63. The molecule has 3 aromatic rings. The Balaban J connectivity index is 2.09. The standard InChI is InChI=1S/C23H26FIN2O3/c1-13-11-16(24)8-7-15(13)12-27-10-9-17-19(25)18(14(2)26-21(17)27)20(22(28)29-6)30-23(3,4)5/h7-11,20H,12H2,1-6H3. The second-order valence-electron chi connectivity index (χ2n) is 8.31. The van der Waals surface area contributed by atoms with Crippen LogP contribution in [0, 0.1) is 23.2 Å². The van der Waals surface area contributed by atoms with Crippen molar-refractivity contribution in [3.05, 3.63) is 62.2 Å². The van der Waals surface area contributed by atoms with Crippen molar-refractivity contribution in [1.82, 2.24) is 9.55 Å². The highest BCUT2D eigenvalue weighted by Gasteiger charge is 2.32. The van der Waals surface area contributed by atoms with Gasteiger partial charge in [0.15, 0.2) is 6.10 Å². The van der Waals surface area contributed by atoms with Crippen LogP contribution in [0.25, 0.3) is 11.0 Å². The summed E-state index contributed by atoms with van der Waals surface area (Å²) >= 11 is 2.25. The Bertz CT molecular complexity index is 1100. The Morgan fingerprint density at radius 2 is 1.97 bits per heavy atom. The Labute approximate surface area is 189 Å². The van der Waals surface area contributed by atoms with E-state index in [-0.39, 0.29) is 5.82 Å². The molecule has 0 N–H and O–H groups in total. The van der Waals surface area contributed by atoms with Gasteiger partial charge >= 0.3 is 5.97 Å². The van der Waals surface area contributed by atoms with Gasteiger partial charge in [-0.2, -0.15) is 0 Å². The molecule has 2 aromatic heterocycles. The third kappa shape index (κ3) is 4.67. The maximum absolute atomic E-state index is 13.4. The number of rotatable bonds is 5. The van der Waals surface area contributed by atoms with E-state index < -0.39 is 17.7 Å². The van der Waals surface area contributed by atoms with Gasteiger partial charge in [-0.15, -0.1) is 0 Å². The van der Waals surface area contributed by atoms with Gasteiger partial charge in [-0.1, -0.05) is 6.07 Å². The number of aromatic nitrogens is 2. The average molecular weight is 524 g/mol. The third-order valence-corrected chi connectivity index (χ3v) is 6.03. The molecule has 0 saturated heterocycles. The average Bonchev–Trinajstić information content (AvgIpc) is 3.04. The van der Waals surface area contributed by atoms with Crippen molar-refractivity contribution in [3.63, 3.8) is 0 Å². The number of pyridine rings is 1. The Morgan fingerprint density at radius 3 is 2.57 bits per heavy atom. The van der Waals surface area contributed by atoms with Crippen LogP contribution in [0.2, 0.25) is 0 Å². The summed E-state index contributed by atoms with van der Waals surface area (Å²) in [5, 5.41) is 0.933. The number of ether oxygens (including phenoxy) is 2. The lowest BCUT2D eigenvalue weighted by Gasteiger charge is -2.27. The van der Waals surface area contributed by atoms with Crippen LogP contribution in [0.5, 0.6) is 0 Å². The predicted octanol–water partition coefficient (Wildman–Crippen LogP) is 5.47. The van der Waals surface area contributed by atoms with Crippen LogP contribution in [0.1, 0.15) is 49.3 Å². The molecule has 2 heterocycles. The summed E-state index contributed by atoms with van der Waals surface area (Å²) < 4.78 is 27.5. The number of carbonyl (C=O) groups is 1. The van der Waals surface area contributed by atoms with Gasteiger partial charge in [-0.25, -0.2) is 14.2 Å². The lowest BCUT2D eigenvalue weighted by atomic mass is 10.0. The number of hydrogen-bond donors (Lipinski definition) is 0. The summed E-state index contributed by atoms with van der Waals surface area (Å²) in [6.45, 7) is 10.1. The first-order chi connectivity index (χ1) is 14.0. The Kier molecular flexibility index (Phi) is 6.52. The molecule has 1 aromatic carbocycles. The van der Waals surface area contributed by atoms with E-state index in [1.165, 1.54) is 19.2 Å². The molecule has 0 amide bonds. The molecule has 0 aliphatic rings. The van der Waals surface area contributed by atoms with Gasteiger partial charge in [-0.05, 0) is 86.5 Å². The largest absolute Gasteiger partial charge is 0.467 e. The first-order valence-corrected chi connectivity index (χ1v) is 10.7. The summed E-state index contributed by atoms with van der Waals surface area (Å²) in [6.07, 6.45) is 1.10. The van der Waals surface area contributed by atoms with Gasteiger partial charge < -0.3 is 14.0 Å². The van der Waals surface area contributed by atoms with Crippen LogP contribution < -0.4 is 0 Å². The van der Waals surface area contributed by atoms with Crippen molar-refractivity contribution in [2.45, 2.75) is 52.9 Å². The Hall–Kier alpha value is -2.00. The van der Waals surface area contributed by atoms with E-state index in [1.807, 2.05) is 51.4 Å². The molecular formula is C23H26FIN2O3. The monoisotopic (exact) mass is 524 g/mol. The fraction of sp³-hybridized carbons (Fsp3) is 0.391. The molecule has 7 heteroatoms. The van der Waals surface area contributed by atoms with Crippen molar-refractivity contribution in [3.8, 4) is 0 Å². The quantitative estimate of drug-likeness (QED) is 0.328. The molecule has 0 bridgehead atoms. The van der Waals surface area contributed by atoms with E-state index in [9.17, 15) is 9.18 Å². The number of methoxy groups -OCH3 is 1. The summed E-state index contributed by atoms with van der Waals surface area (Å²) in [4.78, 5) is 17.3. The zero-order chi connectivity index (χ0) is 22.2. The van der Waals surface area contributed by atoms with Crippen LogP contribution in [0.15, 0.2) is 30.5 Å². The summed E-state index contributed by atoms with van der Waals surface area (Å²) in [7, 11) is 1.36. The van der Waals surface area contributed by atoms with Gasteiger partial charge in [0.25, 0.3) is 0 Å². The molecule has 3 rings (SSSR count). The molecule has 0 fully saturated rings. The lowest BCUT2D eigenvalue weighted by Crippen LogP contribution is -2.29. The maximum atomic E-state index is 13.4. The summed E-state index contributed by atoms with van der Waals surface area (Å²) in [6, 6.07) is 6.79. The molecule has 1 unspecified atom stereocenters. The zero-order valence-electron chi connectivity index (χ0n) is 18.0. The number of esters is 1. The molecule has 0 radical (unpaired) electrons. The van der Waals surface area contributed by atoms with E-state index in [0.717, 1.165) is 31.3 Å². The minimum absolute atomic E-state index is 0.241. The number of aryl methyl sites for hydroxylation is 2. The second kappa shape index (κ2) is 8.63. The molecular weight excluding hydrogens is 498 g/mol. The highest BCUT2D eigenvalue weighted by atomic mass is 127. The van der Waals surface area contributed by atoms with Crippen LogP contribution in [-0.4, -0.2) is 28.2 Å². The van der Waals surface area contributed by atoms with Crippen molar-refractivity contribution >= 4 is 39.6 Å². The lowest BCUT2D eigenvalue weighted by molar-refractivity contribution is -0.164. The van der Waals surface area contributed by atoms with E-state index in [4.69, 9.17) is 14.5 Å². The molecule has 5 nitrogen and oxygen atoms in total. The fourth-order valence-corrected chi connectivity index (χ4v) is 4.52. The molecule has 30 heavy (non-hydrogen) atoms. The fourth-order valence-electron chi connectivity index (χ4n) is 3.42. The van der Waals surface area contributed by atoms with Gasteiger partial charge in [0.1, 0.15) is 11.5 Å². The van der Waals surface area contributed by atoms with Crippen LogP contribution >= 0.6 is 22.6 Å². The van der Waals surface area contributed by atoms with Crippen molar-refractivity contribution < 1.29 is 18.7 Å². The highest BCUT2D eigenvalue weighted by molar-refractivity contribution is 14.1. The van der Waals surface area contributed by atoms with Crippen LogP contribution in [0.3, 0.4) is 0 Å². The normalized spacial score (nSPS) is 12.9. The third-order valence-electron chi connectivity index (χ3n) is 4.86. The highest BCUT2D eigenvalue weighted by Crippen LogP contribution is 2.35. The Morgan fingerprint density at radius 1 is 1.27 bits per heavy atom. The molecule has 160 valence electrons. The smallest absolute Gasteiger partial charge is 0.339 e. The van der Waals surface area contributed by atoms with Gasteiger partial charge in [0.05, 0.1) is 12.7 Å². The number of hydrogen-bond acceptors (Lipinski definition) is 4. The number of benzene rings is 1. The molecule has 1 atom stereocenters. The molecule has 0 saturated carbocycles. The SMILES string of the molecule is COC(=O)C(OC(C)(C)C)c1c(C)nc2c(ccn2Cc2ccc(F)cc2C)c1I. The molecule has 0 aliphatic carbocycles. The first kappa shape index (κ1) is 22.7. The van der Waals surface area contributed by atoms with E-state index in [2.05, 4.69) is 22.6 Å². The van der Waals surface area contributed by atoms with Gasteiger partial charge in [0, 0.05) is 33.0 Å². The zero-order valence-corrected chi connectivity index (χ0v) is 20.2. The number of halogens is 2. The predicted molar refractivity (Wildman–Crippen MR) is 123 cm³/mol. The van der Waals surface area contributed by atoms with E-state index in [0.29, 0.717) is 12.2 Å². The van der Waals surface area contributed by atoms with Crippen molar-refractivity contribution in [2.24, 2.45) is 0 Å². The first-order valence-electron chi connectivity index (χ1n) is 9.67. The van der Waals surface area contributed by atoms with E-state index in [1.54, 1.807) is 6.07 Å². The number of fused-ring (bicyclic) bond motifs is 1. The number of carbonyl (C=O) groups excluding carboxylic acids is 1. The molecule has 0 aliphatic heterocycles. The van der Waals surface area contributed by atoms with Crippen LogP contribution in [-0.2, 0) is 20.8 Å². The number of nitrogens with zero attached hydrogens (tertiary/aromatic N) is 2.